The number of hydrogen-bond donors (Lipinski definition) is 1. The summed E-state index contributed by atoms with van der Waals surface area (Å²) in [6.45, 7) is 0.745. The van der Waals surface area contributed by atoms with Crippen LogP contribution in [-0.4, -0.2) is 28.9 Å². The van der Waals surface area contributed by atoms with E-state index in [0.717, 1.165) is 25.3 Å². The molecule has 0 bridgehead atoms. The van der Waals surface area contributed by atoms with Crippen LogP contribution < -0.4 is 5.73 Å². The third-order valence-corrected chi connectivity index (χ3v) is 3.24. The molecule has 1 aromatic rings. The average molecular weight is 223 g/mol. The molecule has 2 N–H and O–H groups in total. The Hall–Kier alpha value is -0.940. The molecule has 2 atom stereocenters. The normalized spacial score (nSPS) is 30.6. The number of hydrogen-bond acceptors (Lipinski definition) is 5. The average Bonchev–Trinajstić information content (AvgIpc) is 3.01. The van der Waals surface area contributed by atoms with Crippen LogP contribution in [-0.2, 0) is 11.2 Å². The van der Waals surface area contributed by atoms with E-state index in [9.17, 15) is 0 Å². The molecule has 88 valence electrons. The highest BCUT2D eigenvalue weighted by molar-refractivity contribution is 5.03. The van der Waals surface area contributed by atoms with Crippen molar-refractivity contribution in [3.63, 3.8) is 0 Å². The predicted octanol–water partition coefficient (Wildman–Crippen LogP) is 0.996. The quantitative estimate of drug-likeness (QED) is 0.827. The first-order valence-corrected chi connectivity index (χ1v) is 6.01. The molecular formula is C11H17N3O2. The molecule has 0 aromatic carbocycles. The van der Waals surface area contributed by atoms with Crippen molar-refractivity contribution in [3.8, 4) is 0 Å². The lowest BCUT2D eigenvalue weighted by Crippen LogP contribution is -2.35. The van der Waals surface area contributed by atoms with Crippen LogP contribution in [0.4, 0.5) is 0 Å². The third-order valence-electron chi connectivity index (χ3n) is 3.24. The van der Waals surface area contributed by atoms with Gasteiger partial charge in [-0.25, -0.2) is 0 Å². The second kappa shape index (κ2) is 4.14. The molecular weight excluding hydrogens is 206 g/mol. The summed E-state index contributed by atoms with van der Waals surface area (Å²) in [5.74, 6) is 2.11. The minimum Gasteiger partial charge on any atom is -0.378 e. The van der Waals surface area contributed by atoms with Crippen LogP contribution in [0.5, 0.6) is 0 Å². The van der Waals surface area contributed by atoms with Gasteiger partial charge in [-0.05, 0) is 25.7 Å². The Morgan fingerprint density at radius 2 is 2.19 bits per heavy atom. The van der Waals surface area contributed by atoms with Crippen LogP contribution in [0, 0.1) is 0 Å². The first kappa shape index (κ1) is 10.2. The first-order valence-electron chi connectivity index (χ1n) is 6.01. The van der Waals surface area contributed by atoms with Crippen molar-refractivity contribution < 1.29 is 9.26 Å². The van der Waals surface area contributed by atoms with E-state index in [-0.39, 0.29) is 12.1 Å². The van der Waals surface area contributed by atoms with Gasteiger partial charge in [-0.1, -0.05) is 5.16 Å². The number of nitrogens with zero attached hydrogens (tertiary/aromatic N) is 2. The maximum atomic E-state index is 5.90. The van der Waals surface area contributed by atoms with Gasteiger partial charge in [0.2, 0.25) is 5.89 Å². The molecule has 2 heterocycles. The summed E-state index contributed by atoms with van der Waals surface area (Å²) in [5.41, 5.74) is 5.90. The van der Waals surface area contributed by atoms with E-state index in [1.54, 1.807) is 0 Å². The largest absolute Gasteiger partial charge is 0.378 e. The zero-order chi connectivity index (χ0) is 11.0. The standard InChI is InChI=1S/C11H17N3O2/c12-8-3-4-15-9(5-8)6-10-13-11(14-16-10)7-1-2-7/h7-9H,1-6,12H2. The van der Waals surface area contributed by atoms with Gasteiger partial charge < -0.3 is 15.0 Å². The van der Waals surface area contributed by atoms with Gasteiger partial charge in [-0.2, -0.15) is 4.98 Å². The molecule has 0 spiro atoms. The van der Waals surface area contributed by atoms with Gasteiger partial charge in [-0.3, -0.25) is 0 Å². The van der Waals surface area contributed by atoms with Crippen molar-refractivity contribution in [3.05, 3.63) is 11.7 Å². The first-order chi connectivity index (χ1) is 7.81. The molecule has 0 radical (unpaired) electrons. The highest BCUT2D eigenvalue weighted by atomic mass is 16.5. The smallest absolute Gasteiger partial charge is 0.229 e. The van der Waals surface area contributed by atoms with Gasteiger partial charge in [0.1, 0.15) is 0 Å². The van der Waals surface area contributed by atoms with E-state index in [0.29, 0.717) is 18.2 Å². The van der Waals surface area contributed by atoms with Crippen molar-refractivity contribution in [2.45, 2.75) is 50.2 Å². The summed E-state index contributed by atoms with van der Waals surface area (Å²) in [4.78, 5) is 4.39. The highest BCUT2D eigenvalue weighted by Gasteiger charge is 2.29. The molecule has 2 unspecified atom stereocenters. The predicted molar refractivity (Wildman–Crippen MR) is 56.9 cm³/mol. The molecule has 5 heteroatoms. The molecule has 1 saturated carbocycles. The molecule has 5 nitrogen and oxygen atoms in total. The van der Waals surface area contributed by atoms with Gasteiger partial charge in [0.25, 0.3) is 0 Å². The van der Waals surface area contributed by atoms with Crippen molar-refractivity contribution >= 4 is 0 Å². The molecule has 1 aliphatic carbocycles. The summed E-state index contributed by atoms with van der Waals surface area (Å²) in [6, 6.07) is 0.254. The van der Waals surface area contributed by atoms with E-state index in [2.05, 4.69) is 10.1 Å². The minimum absolute atomic E-state index is 0.149. The zero-order valence-corrected chi connectivity index (χ0v) is 9.26. The zero-order valence-electron chi connectivity index (χ0n) is 9.26. The van der Waals surface area contributed by atoms with Crippen LogP contribution in [0.25, 0.3) is 0 Å². The number of nitrogens with two attached hydrogens (primary N) is 1. The lowest BCUT2D eigenvalue weighted by molar-refractivity contribution is 0.00453. The molecule has 2 aliphatic rings. The number of rotatable bonds is 3. The summed E-state index contributed by atoms with van der Waals surface area (Å²) < 4.78 is 10.9. The Balaban J connectivity index is 1.59. The Morgan fingerprint density at radius 3 is 2.94 bits per heavy atom. The Labute approximate surface area is 94.3 Å². The van der Waals surface area contributed by atoms with Crippen LogP contribution >= 0.6 is 0 Å². The van der Waals surface area contributed by atoms with Crippen molar-refractivity contribution in [2.75, 3.05) is 6.61 Å². The van der Waals surface area contributed by atoms with Crippen LogP contribution in [0.1, 0.15) is 43.3 Å². The van der Waals surface area contributed by atoms with Gasteiger partial charge >= 0.3 is 0 Å². The summed E-state index contributed by atoms with van der Waals surface area (Å²) in [5, 5.41) is 3.99. The summed E-state index contributed by atoms with van der Waals surface area (Å²) >= 11 is 0. The Kier molecular flexibility index (Phi) is 2.65. The van der Waals surface area contributed by atoms with E-state index in [1.165, 1.54) is 12.8 Å². The van der Waals surface area contributed by atoms with Gasteiger partial charge in [-0.15, -0.1) is 0 Å². The van der Waals surface area contributed by atoms with Gasteiger partial charge in [0, 0.05) is 18.6 Å². The van der Waals surface area contributed by atoms with Crippen LogP contribution in [0.3, 0.4) is 0 Å². The lowest BCUT2D eigenvalue weighted by Gasteiger charge is -2.25. The summed E-state index contributed by atoms with van der Waals surface area (Å²) in [6.07, 6.45) is 5.09. The number of ether oxygens (including phenoxy) is 1. The molecule has 2 fully saturated rings. The molecule has 1 aliphatic heterocycles. The third kappa shape index (κ3) is 2.25. The van der Waals surface area contributed by atoms with E-state index in [1.807, 2.05) is 0 Å². The van der Waals surface area contributed by atoms with Gasteiger partial charge in [0.05, 0.1) is 12.5 Å². The van der Waals surface area contributed by atoms with Crippen molar-refractivity contribution in [1.29, 1.82) is 0 Å². The maximum Gasteiger partial charge on any atom is 0.229 e. The Bertz CT molecular complexity index is 362. The lowest BCUT2D eigenvalue weighted by atomic mass is 10.0. The van der Waals surface area contributed by atoms with E-state index < -0.39 is 0 Å². The van der Waals surface area contributed by atoms with Crippen molar-refractivity contribution in [2.24, 2.45) is 5.73 Å². The molecule has 16 heavy (non-hydrogen) atoms. The highest BCUT2D eigenvalue weighted by Crippen LogP contribution is 2.38. The fourth-order valence-corrected chi connectivity index (χ4v) is 2.10. The fourth-order valence-electron chi connectivity index (χ4n) is 2.10. The van der Waals surface area contributed by atoms with Crippen molar-refractivity contribution in [1.82, 2.24) is 10.1 Å². The minimum atomic E-state index is 0.149. The van der Waals surface area contributed by atoms with Gasteiger partial charge in [0.15, 0.2) is 5.82 Å². The molecule has 0 amide bonds. The SMILES string of the molecule is NC1CCOC(Cc2nc(C3CC3)no2)C1. The Morgan fingerprint density at radius 1 is 1.31 bits per heavy atom. The van der Waals surface area contributed by atoms with Crippen LogP contribution in [0.2, 0.25) is 0 Å². The van der Waals surface area contributed by atoms with E-state index in [4.69, 9.17) is 15.0 Å². The second-order valence-electron chi connectivity index (χ2n) is 4.80. The maximum absolute atomic E-state index is 5.90. The molecule has 1 aromatic heterocycles. The molecule has 3 rings (SSSR count). The molecule has 1 saturated heterocycles. The fraction of sp³-hybridized carbons (Fsp3) is 0.818. The number of aromatic nitrogens is 2. The van der Waals surface area contributed by atoms with E-state index >= 15 is 0 Å². The summed E-state index contributed by atoms with van der Waals surface area (Å²) in [7, 11) is 0. The monoisotopic (exact) mass is 223 g/mol. The van der Waals surface area contributed by atoms with Crippen LogP contribution in [0.15, 0.2) is 4.52 Å². The topological polar surface area (TPSA) is 74.2 Å². The second-order valence-corrected chi connectivity index (χ2v) is 4.80.